The number of hydrogen-bond donors (Lipinski definition) is 2. The van der Waals surface area contributed by atoms with Crippen LogP contribution in [-0.2, 0) is 0 Å². The van der Waals surface area contributed by atoms with Gasteiger partial charge in [0.15, 0.2) is 5.82 Å². The molecule has 0 saturated carbocycles. The predicted octanol–water partition coefficient (Wildman–Crippen LogP) is 2.73. The molecule has 5 nitrogen and oxygen atoms in total. The lowest BCUT2D eigenvalue weighted by Gasteiger charge is -2.04. The zero-order chi connectivity index (χ0) is 14.5. The van der Waals surface area contributed by atoms with Gasteiger partial charge in [-0.15, -0.1) is 11.6 Å². The highest BCUT2D eigenvalue weighted by Gasteiger charge is 2.12. The minimum absolute atomic E-state index is 0.0297. The number of hydrogen-bond acceptors (Lipinski definition) is 4. The number of nitrogens with one attached hydrogen (secondary N) is 1. The summed E-state index contributed by atoms with van der Waals surface area (Å²) >= 11 is 5.55. The molecule has 6 heteroatoms. The van der Waals surface area contributed by atoms with E-state index in [0.29, 0.717) is 23.2 Å². The number of nitrogens with zero attached hydrogens (tertiary/aromatic N) is 2. The van der Waals surface area contributed by atoms with Crippen LogP contribution >= 0.6 is 11.6 Å². The molecule has 1 aromatic carbocycles. The lowest BCUT2D eigenvalue weighted by Crippen LogP contribution is -2.12. The van der Waals surface area contributed by atoms with Crippen LogP contribution in [0.3, 0.4) is 0 Å². The summed E-state index contributed by atoms with van der Waals surface area (Å²) in [4.78, 5) is 18.7. The second kappa shape index (κ2) is 6.22. The Morgan fingerprint density at radius 3 is 2.90 bits per heavy atom. The summed E-state index contributed by atoms with van der Waals surface area (Å²) in [6.07, 6.45) is 0.805. The molecule has 0 amide bonds. The number of aliphatic hydroxyl groups excluding tert-OH is 1. The van der Waals surface area contributed by atoms with Crippen molar-refractivity contribution in [3.63, 3.8) is 0 Å². The monoisotopic (exact) mass is 289 g/mol. The van der Waals surface area contributed by atoms with E-state index in [0.717, 1.165) is 0 Å². The second-order valence-corrected chi connectivity index (χ2v) is 4.54. The van der Waals surface area contributed by atoms with Gasteiger partial charge in [0.25, 0.3) is 5.56 Å². The smallest absolute Gasteiger partial charge is 0.259 e. The fourth-order valence-electron chi connectivity index (χ4n) is 1.82. The summed E-state index contributed by atoms with van der Waals surface area (Å²) < 4.78 is 0. The average Bonchev–Trinajstić information content (AvgIpc) is 2.46. The van der Waals surface area contributed by atoms with Gasteiger partial charge in [0.1, 0.15) is 17.4 Å². The molecule has 20 heavy (non-hydrogen) atoms. The summed E-state index contributed by atoms with van der Waals surface area (Å²) in [5.74, 6) is 0.333. The molecule has 0 atom stereocenters. The Morgan fingerprint density at radius 2 is 2.20 bits per heavy atom. The highest BCUT2D eigenvalue weighted by atomic mass is 35.5. The van der Waals surface area contributed by atoms with Gasteiger partial charge in [0, 0.05) is 12.3 Å². The molecule has 0 radical (unpaired) electrons. The van der Waals surface area contributed by atoms with Gasteiger partial charge in [-0.05, 0) is 18.6 Å². The van der Waals surface area contributed by atoms with Crippen molar-refractivity contribution in [2.75, 3.05) is 5.88 Å². The Labute approximate surface area is 120 Å². The van der Waals surface area contributed by atoms with Crippen molar-refractivity contribution in [1.29, 1.82) is 5.26 Å². The number of nitriles is 1. The molecule has 0 fully saturated rings. The van der Waals surface area contributed by atoms with Crippen LogP contribution in [0.15, 0.2) is 34.8 Å². The maximum Gasteiger partial charge on any atom is 0.259 e. The van der Waals surface area contributed by atoms with E-state index in [2.05, 4.69) is 9.97 Å². The van der Waals surface area contributed by atoms with E-state index >= 15 is 0 Å². The lowest BCUT2D eigenvalue weighted by molar-refractivity contribution is 0.390. The van der Waals surface area contributed by atoms with Gasteiger partial charge in [0.2, 0.25) is 0 Å². The Morgan fingerprint density at radius 1 is 1.45 bits per heavy atom. The van der Waals surface area contributed by atoms with E-state index in [1.807, 2.05) is 6.07 Å². The number of rotatable bonds is 4. The number of aromatic amines is 1. The van der Waals surface area contributed by atoms with Gasteiger partial charge in [-0.25, -0.2) is 4.98 Å². The lowest BCUT2D eigenvalue weighted by atomic mass is 10.1. The van der Waals surface area contributed by atoms with Gasteiger partial charge in [-0.3, -0.25) is 4.79 Å². The van der Waals surface area contributed by atoms with Gasteiger partial charge < -0.3 is 10.1 Å². The van der Waals surface area contributed by atoms with Crippen molar-refractivity contribution >= 4 is 28.1 Å². The largest absolute Gasteiger partial charge is 0.511 e. The standard InChI is InChI=1S/C14H12ClN3O2/c15-7-3-6-12(19)10(8-16)13-17-11-5-2-1-4-9(11)14(20)18-13/h1-2,4-5,19H,3,6-7H2,(H,17,18,20)/b12-10-. The van der Waals surface area contributed by atoms with Gasteiger partial charge in [-0.1, -0.05) is 12.1 Å². The molecule has 0 unspecified atom stereocenters. The van der Waals surface area contributed by atoms with Crippen LogP contribution in [-0.4, -0.2) is 21.0 Å². The zero-order valence-electron chi connectivity index (χ0n) is 10.6. The Bertz CT molecular complexity index is 759. The molecule has 1 aromatic heterocycles. The number of benzene rings is 1. The number of halogens is 1. The number of fused-ring (bicyclic) bond motifs is 1. The number of H-pyrrole nitrogens is 1. The number of aliphatic hydroxyl groups is 1. The molecule has 2 N–H and O–H groups in total. The molecular formula is C14H12ClN3O2. The average molecular weight is 290 g/mol. The van der Waals surface area contributed by atoms with E-state index in [4.69, 9.17) is 16.9 Å². The minimum atomic E-state index is -0.344. The number of allylic oxidation sites excluding steroid dienone is 2. The summed E-state index contributed by atoms with van der Waals surface area (Å²) in [5, 5.41) is 19.5. The van der Waals surface area contributed by atoms with Crippen molar-refractivity contribution in [2.24, 2.45) is 0 Å². The van der Waals surface area contributed by atoms with Crippen LogP contribution in [0.4, 0.5) is 0 Å². The molecule has 0 aliphatic heterocycles. The minimum Gasteiger partial charge on any atom is -0.511 e. The van der Waals surface area contributed by atoms with Crippen molar-refractivity contribution in [3.8, 4) is 6.07 Å². The highest BCUT2D eigenvalue weighted by molar-refractivity contribution is 6.17. The van der Waals surface area contributed by atoms with E-state index < -0.39 is 0 Å². The molecule has 102 valence electrons. The van der Waals surface area contributed by atoms with Crippen LogP contribution in [0.25, 0.3) is 16.5 Å². The molecular weight excluding hydrogens is 278 g/mol. The van der Waals surface area contributed by atoms with Crippen LogP contribution in [0.2, 0.25) is 0 Å². The van der Waals surface area contributed by atoms with Gasteiger partial charge >= 0.3 is 0 Å². The van der Waals surface area contributed by atoms with Crippen LogP contribution < -0.4 is 5.56 Å². The first-order chi connectivity index (χ1) is 9.67. The Balaban J connectivity index is 2.57. The van der Waals surface area contributed by atoms with Crippen LogP contribution in [0.5, 0.6) is 0 Å². The molecule has 0 aliphatic rings. The number of aromatic nitrogens is 2. The summed E-state index contributed by atoms with van der Waals surface area (Å²) in [5.41, 5.74) is 0.102. The molecule has 0 bridgehead atoms. The van der Waals surface area contributed by atoms with Crippen molar-refractivity contribution in [3.05, 3.63) is 46.2 Å². The maximum absolute atomic E-state index is 11.9. The Hall–Kier alpha value is -2.32. The first-order valence-electron chi connectivity index (χ1n) is 6.05. The summed E-state index contributed by atoms with van der Waals surface area (Å²) in [6, 6.07) is 8.68. The molecule has 1 heterocycles. The maximum atomic E-state index is 11.9. The second-order valence-electron chi connectivity index (χ2n) is 4.16. The van der Waals surface area contributed by atoms with E-state index in [-0.39, 0.29) is 29.1 Å². The molecule has 0 aliphatic carbocycles. The normalized spacial score (nSPS) is 12.0. The van der Waals surface area contributed by atoms with Gasteiger partial charge in [0.05, 0.1) is 10.9 Å². The van der Waals surface area contributed by atoms with E-state index in [9.17, 15) is 9.90 Å². The third-order valence-electron chi connectivity index (χ3n) is 2.80. The molecule has 2 aromatic rings. The summed E-state index contributed by atoms with van der Waals surface area (Å²) in [7, 11) is 0. The fourth-order valence-corrected chi connectivity index (χ4v) is 1.95. The molecule has 0 saturated heterocycles. The van der Waals surface area contributed by atoms with E-state index in [1.54, 1.807) is 24.3 Å². The predicted molar refractivity (Wildman–Crippen MR) is 77.5 cm³/mol. The Kier molecular flexibility index (Phi) is 4.38. The first kappa shape index (κ1) is 14.1. The summed E-state index contributed by atoms with van der Waals surface area (Å²) in [6.45, 7) is 0. The van der Waals surface area contributed by atoms with Gasteiger partial charge in [-0.2, -0.15) is 5.26 Å². The molecule has 0 spiro atoms. The van der Waals surface area contributed by atoms with E-state index in [1.165, 1.54) is 0 Å². The van der Waals surface area contributed by atoms with Crippen LogP contribution in [0, 0.1) is 11.3 Å². The topological polar surface area (TPSA) is 89.8 Å². The SMILES string of the molecule is N#C/C(=C(/O)CCCCl)c1nc2ccccc2c(=O)[nH]1. The number of para-hydroxylation sites is 1. The van der Waals surface area contributed by atoms with Crippen molar-refractivity contribution < 1.29 is 5.11 Å². The highest BCUT2D eigenvalue weighted by Crippen LogP contribution is 2.17. The van der Waals surface area contributed by atoms with Crippen molar-refractivity contribution in [1.82, 2.24) is 9.97 Å². The molecule has 2 rings (SSSR count). The fraction of sp³-hybridized carbons (Fsp3) is 0.214. The third kappa shape index (κ3) is 2.81. The zero-order valence-corrected chi connectivity index (χ0v) is 11.3. The van der Waals surface area contributed by atoms with Crippen molar-refractivity contribution in [2.45, 2.75) is 12.8 Å². The first-order valence-corrected chi connectivity index (χ1v) is 6.58. The third-order valence-corrected chi connectivity index (χ3v) is 3.06. The number of alkyl halides is 1. The quantitative estimate of drug-likeness (QED) is 0.514. The van der Waals surface area contributed by atoms with Crippen LogP contribution in [0.1, 0.15) is 18.7 Å².